The second-order valence-corrected chi connectivity index (χ2v) is 6.93. The van der Waals surface area contributed by atoms with E-state index in [0.717, 1.165) is 5.69 Å². The molecule has 158 valence electrons. The van der Waals surface area contributed by atoms with E-state index in [1.807, 2.05) is 4.90 Å². The van der Waals surface area contributed by atoms with Crippen LogP contribution >= 0.6 is 12.2 Å². The number of nitro groups is 1. The molecule has 1 saturated heterocycles. The molecule has 30 heavy (non-hydrogen) atoms. The number of nitro benzene ring substituents is 1. The summed E-state index contributed by atoms with van der Waals surface area (Å²) in [6, 6.07) is 11.6. The van der Waals surface area contributed by atoms with Gasteiger partial charge in [-0.2, -0.15) is 0 Å². The minimum atomic E-state index is -0.417. The van der Waals surface area contributed by atoms with Crippen molar-refractivity contribution in [1.82, 2.24) is 10.2 Å². The van der Waals surface area contributed by atoms with Gasteiger partial charge in [-0.3, -0.25) is 20.2 Å². The molecule has 0 spiro atoms. The maximum Gasteiger partial charge on any atom is 0.269 e. The normalized spacial score (nSPS) is 13.5. The molecule has 9 nitrogen and oxygen atoms in total. The van der Waals surface area contributed by atoms with Crippen molar-refractivity contribution in [3.8, 4) is 11.5 Å². The molecule has 0 atom stereocenters. The minimum absolute atomic E-state index is 0.0630. The Kier molecular flexibility index (Phi) is 6.68. The third-order valence-electron chi connectivity index (χ3n) is 4.87. The van der Waals surface area contributed by atoms with Crippen molar-refractivity contribution in [2.75, 3.05) is 45.3 Å². The first kappa shape index (κ1) is 21.3. The summed E-state index contributed by atoms with van der Waals surface area (Å²) in [6.07, 6.45) is 0. The third kappa shape index (κ3) is 4.60. The Morgan fingerprint density at radius 1 is 1.03 bits per heavy atom. The molecule has 1 heterocycles. The average molecular weight is 430 g/mol. The number of benzene rings is 2. The third-order valence-corrected chi connectivity index (χ3v) is 5.23. The first-order valence-corrected chi connectivity index (χ1v) is 9.66. The number of rotatable bonds is 5. The van der Waals surface area contributed by atoms with Gasteiger partial charge in [-0.05, 0) is 36.5 Å². The van der Waals surface area contributed by atoms with E-state index >= 15 is 0 Å². The summed E-state index contributed by atoms with van der Waals surface area (Å²) in [7, 11) is 2.97. The fourth-order valence-electron chi connectivity index (χ4n) is 3.27. The van der Waals surface area contributed by atoms with Crippen LogP contribution in [0.5, 0.6) is 11.5 Å². The number of anilines is 1. The number of non-ortho nitro benzene ring substituents is 1. The van der Waals surface area contributed by atoms with Crippen molar-refractivity contribution in [1.29, 1.82) is 0 Å². The van der Waals surface area contributed by atoms with Gasteiger partial charge >= 0.3 is 0 Å². The molecule has 1 amide bonds. The Morgan fingerprint density at radius 2 is 1.60 bits per heavy atom. The molecule has 0 saturated carbocycles. The lowest BCUT2D eigenvalue weighted by molar-refractivity contribution is -0.384. The number of methoxy groups -OCH3 is 2. The van der Waals surface area contributed by atoms with E-state index in [0.29, 0.717) is 42.8 Å². The zero-order chi connectivity index (χ0) is 21.7. The molecular weight excluding hydrogens is 408 g/mol. The maximum absolute atomic E-state index is 12.8. The molecule has 1 N–H and O–H groups in total. The van der Waals surface area contributed by atoms with Crippen molar-refractivity contribution in [2.45, 2.75) is 0 Å². The Bertz CT molecular complexity index is 920. The molecule has 3 rings (SSSR count). The Labute approximate surface area is 179 Å². The summed E-state index contributed by atoms with van der Waals surface area (Å²) < 4.78 is 10.6. The Morgan fingerprint density at radius 3 is 2.10 bits per heavy atom. The number of carbonyl (C=O) groups is 1. The molecule has 0 aromatic heterocycles. The van der Waals surface area contributed by atoms with Crippen LogP contribution in [-0.4, -0.2) is 61.2 Å². The number of amides is 1. The van der Waals surface area contributed by atoms with Crippen LogP contribution in [0.25, 0.3) is 0 Å². The lowest BCUT2D eigenvalue weighted by Crippen LogP contribution is -2.52. The molecule has 0 aliphatic carbocycles. The minimum Gasteiger partial charge on any atom is -0.496 e. The second kappa shape index (κ2) is 9.40. The van der Waals surface area contributed by atoms with E-state index < -0.39 is 10.8 Å². The maximum atomic E-state index is 12.8. The lowest BCUT2D eigenvalue weighted by Gasteiger charge is -2.37. The number of thiocarbonyl (C=S) groups is 1. The van der Waals surface area contributed by atoms with Crippen LogP contribution in [0.2, 0.25) is 0 Å². The molecule has 0 radical (unpaired) electrons. The highest BCUT2D eigenvalue weighted by Crippen LogP contribution is 2.28. The monoisotopic (exact) mass is 430 g/mol. The molecule has 2 aromatic carbocycles. The molecule has 0 unspecified atom stereocenters. The molecule has 2 aromatic rings. The summed E-state index contributed by atoms with van der Waals surface area (Å²) in [5.74, 6) is 0.405. The molecule has 1 aliphatic heterocycles. The highest BCUT2D eigenvalue weighted by molar-refractivity contribution is 7.80. The van der Waals surface area contributed by atoms with Gasteiger partial charge in [0.15, 0.2) is 5.11 Å². The van der Waals surface area contributed by atoms with E-state index in [2.05, 4.69) is 10.2 Å². The first-order valence-electron chi connectivity index (χ1n) is 9.25. The second-order valence-electron chi connectivity index (χ2n) is 6.54. The van der Waals surface area contributed by atoms with Gasteiger partial charge < -0.3 is 19.3 Å². The number of ether oxygens (including phenoxy) is 2. The molecule has 10 heteroatoms. The van der Waals surface area contributed by atoms with Crippen LogP contribution in [0.1, 0.15) is 10.4 Å². The van der Waals surface area contributed by atoms with Crippen molar-refractivity contribution in [3.05, 3.63) is 58.1 Å². The van der Waals surface area contributed by atoms with Crippen molar-refractivity contribution in [3.63, 3.8) is 0 Å². The number of nitrogens with zero attached hydrogens (tertiary/aromatic N) is 3. The van der Waals surface area contributed by atoms with E-state index in [9.17, 15) is 14.9 Å². The smallest absolute Gasteiger partial charge is 0.269 e. The van der Waals surface area contributed by atoms with E-state index in [1.165, 1.54) is 26.4 Å². The lowest BCUT2D eigenvalue weighted by atomic mass is 10.1. The highest BCUT2D eigenvalue weighted by Gasteiger charge is 2.24. The fourth-order valence-corrected chi connectivity index (χ4v) is 3.54. The topological polar surface area (TPSA) is 97.2 Å². The molecule has 1 aliphatic rings. The standard InChI is InChI=1S/C20H22N4O5S/c1-28-16-4-3-5-17(29-2)18(16)19(25)21-20(30)23-12-10-22(11-13-23)14-6-8-15(9-7-14)24(26)27/h3-9H,10-13H2,1-2H3,(H,21,25,30). The number of nitrogens with one attached hydrogen (secondary N) is 1. The van der Waals surface area contributed by atoms with Crippen LogP contribution < -0.4 is 19.7 Å². The van der Waals surface area contributed by atoms with Crippen LogP contribution in [0.4, 0.5) is 11.4 Å². The average Bonchev–Trinajstić information content (AvgIpc) is 2.78. The van der Waals surface area contributed by atoms with Gasteiger partial charge in [0.25, 0.3) is 11.6 Å². The van der Waals surface area contributed by atoms with E-state index in [-0.39, 0.29) is 11.3 Å². The van der Waals surface area contributed by atoms with Gasteiger partial charge in [0.05, 0.1) is 19.1 Å². The van der Waals surface area contributed by atoms with Crippen LogP contribution in [0.3, 0.4) is 0 Å². The Hall–Kier alpha value is -3.40. The zero-order valence-electron chi connectivity index (χ0n) is 16.7. The summed E-state index contributed by atoms with van der Waals surface area (Å²) in [5.41, 5.74) is 1.26. The van der Waals surface area contributed by atoms with Gasteiger partial charge in [-0.25, -0.2) is 0 Å². The van der Waals surface area contributed by atoms with Crippen molar-refractivity contribution >= 4 is 34.6 Å². The van der Waals surface area contributed by atoms with Gasteiger partial charge in [-0.1, -0.05) is 6.07 Å². The number of hydrogen-bond acceptors (Lipinski definition) is 7. The van der Waals surface area contributed by atoms with Crippen molar-refractivity contribution in [2.24, 2.45) is 0 Å². The van der Waals surface area contributed by atoms with E-state index in [4.69, 9.17) is 21.7 Å². The predicted octanol–water partition coefficient (Wildman–Crippen LogP) is 2.45. The Balaban J connectivity index is 1.61. The van der Waals surface area contributed by atoms with Gasteiger partial charge in [0, 0.05) is 44.0 Å². The zero-order valence-corrected chi connectivity index (χ0v) is 17.5. The summed E-state index contributed by atoms with van der Waals surface area (Å²) in [5, 5.41) is 13.9. The molecule has 1 fully saturated rings. The summed E-state index contributed by atoms with van der Waals surface area (Å²) >= 11 is 5.43. The van der Waals surface area contributed by atoms with Crippen molar-refractivity contribution < 1.29 is 19.2 Å². The molecular formula is C20H22N4O5S. The van der Waals surface area contributed by atoms with Crippen LogP contribution in [-0.2, 0) is 0 Å². The van der Waals surface area contributed by atoms with Crippen LogP contribution in [0.15, 0.2) is 42.5 Å². The fraction of sp³-hybridized carbons (Fsp3) is 0.300. The highest BCUT2D eigenvalue weighted by atomic mass is 32.1. The molecule has 0 bridgehead atoms. The quantitative estimate of drug-likeness (QED) is 0.439. The summed E-state index contributed by atoms with van der Waals surface area (Å²) in [4.78, 5) is 27.2. The van der Waals surface area contributed by atoms with Gasteiger partial charge in [0.2, 0.25) is 0 Å². The van der Waals surface area contributed by atoms with Crippen LogP contribution in [0, 0.1) is 10.1 Å². The summed E-state index contributed by atoms with van der Waals surface area (Å²) in [6.45, 7) is 2.57. The predicted molar refractivity (Wildman–Crippen MR) is 116 cm³/mol. The number of piperazine rings is 1. The SMILES string of the molecule is COc1cccc(OC)c1C(=O)NC(=S)N1CCN(c2ccc([N+](=O)[O-])cc2)CC1. The van der Waals surface area contributed by atoms with Gasteiger partial charge in [0.1, 0.15) is 17.1 Å². The number of hydrogen-bond donors (Lipinski definition) is 1. The first-order chi connectivity index (χ1) is 14.4. The van der Waals surface area contributed by atoms with E-state index in [1.54, 1.807) is 30.3 Å². The largest absolute Gasteiger partial charge is 0.496 e. The number of carbonyl (C=O) groups excluding carboxylic acids is 1. The van der Waals surface area contributed by atoms with Gasteiger partial charge in [-0.15, -0.1) is 0 Å².